The summed E-state index contributed by atoms with van der Waals surface area (Å²) in [4.78, 5) is 33.0. The van der Waals surface area contributed by atoms with Crippen molar-refractivity contribution in [3.05, 3.63) is 65.6 Å². The fourth-order valence-electron chi connectivity index (χ4n) is 3.95. The summed E-state index contributed by atoms with van der Waals surface area (Å²) in [7, 11) is 0. The van der Waals surface area contributed by atoms with E-state index in [-0.39, 0.29) is 54.7 Å². The number of halogens is 2. The van der Waals surface area contributed by atoms with Gasteiger partial charge >= 0.3 is 5.97 Å². The number of ether oxygens (including phenoxy) is 2. The lowest BCUT2D eigenvalue weighted by Gasteiger charge is -2.22. The van der Waals surface area contributed by atoms with Crippen LogP contribution in [0.5, 0.6) is 5.75 Å². The Kier molecular flexibility index (Phi) is 11.9. The lowest BCUT2D eigenvalue weighted by atomic mass is 10.0. The molecule has 0 fully saturated rings. The summed E-state index contributed by atoms with van der Waals surface area (Å²) in [5, 5.41) is 10.7. The number of nitrogens with two attached hydrogens (primary N) is 1. The van der Waals surface area contributed by atoms with Gasteiger partial charge in [-0.15, -0.1) is 12.4 Å². The third-order valence-electron chi connectivity index (χ3n) is 6.60. The maximum absolute atomic E-state index is 15.0. The van der Waals surface area contributed by atoms with E-state index in [1.165, 1.54) is 12.1 Å². The first-order valence-corrected chi connectivity index (χ1v) is 14.0. The highest BCUT2D eigenvalue weighted by Crippen LogP contribution is 2.28. The normalized spacial score (nSPS) is 12.5. The molecule has 0 spiro atoms. The Balaban J connectivity index is 0.00000529. The predicted octanol–water partition coefficient (Wildman–Crippen LogP) is 5.26. The zero-order valence-electron chi connectivity index (χ0n) is 25.1. The van der Waals surface area contributed by atoms with E-state index in [9.17, 15) is 9.59 Å². The maximum Gasteiger partial charge on any atom is 0.319 e. The molecule has 3 N–H and O–H groups in total. The van der Waals surface area contributed by atoms with Crippen molar-refractivity contribution < 1.29 is 32.5 Å². The van der Waals surface area contributed by atoms with Crippen LogP contribution < -0.4 is 15.8 Å². The molecule has 0 bridgehead atoms. The first kappa shape index (κ1) is 34.1. The third-order valence-corrected chi connectivity index (χ3v) is 6.60. The number of hydrogen-bond acceptors (Lipinski definition) is 11. The fourth-order valence-corrected chi connectivity index (χ4v) is 3.95. The molecule has 4 rings (SSSR count). The summed E-state index contributed by atoms with van der Waals surface area (Å²) in [6, 6.07) is 10.7. The van der Waals surface area contributed by atoms with Gasteiger partial charge in [-0.25, -0.2) is 4.39 Å². The molecule has 44 heavy (non-hydrogen) atoms. The lowest BCUT2D eigenvalue weighted by molar-refractivity contribution is -0.142. The Labute approximate surface area is 260 Å². The van der Waals surface area contributed by atoms with E-state index in [0.29, 0.717) is 29.4 Å². The molecular weight excluding hydrogens is 595 g/mol. The quantitative estimate of drug-likeness (QED) is 0.185. The molecular formula is C30H36ClFN6O6. The lowest BCUT2D eigenvalue weighted by Crippen LogP contribution is -2.43. The van der Waals surface area contributed by atoms with Gasteiger partial charge in [0.2, 0.25) is 17.5 Å². The number of aromatic nitrogens is 4. The minimum absolute atomic E-state index is 0. The average molecular weight is 631 g/mol. The molecule has 0 aliphatic carbocycles. The molecule has 0 radical (unpaired) electrons. The molecule has 2 aromatic heterocycles. The molecule has 0 saturated carbocycles. The Morgan fingerprint density at radius 3 is 2.14 bits per heavy atom. The topological polar surface area (TPSA) is 168 Å². The van der Waals surface area contributed by atoms with Crippen LogP contribution in [0.1, 0.15) is 75.2 Å². The maximum atomic E-state index is 15.0. The van der Waals surface area contributed by atoms with Gasteiger partial charge in [0.25, 0.3) is 11.8 Å². The van der Waals surface area contributed by atoms with Crippen LogP contribution in [-0.4, -0.2) is 51.4 Å². The van der Waals surface area contributed by atoms with E-state index in [4.69, 9.17) is 24.3 Å². The van der Waals surface area contributed by atoms with E-state index in [1.807, 2.05) is 46.8 Å². The monoisotopic (exact) mass is 630 g/mol. The number of carbonyl (C=O) groups excluding carboxylic acids is 2. The Hall–Kier alpha value is -4.36. The number of benzene rings is 2. The molecule has 2 aromatic carbocycles. The van der Waals surface area contributed by atoms with Crippen molar-refractivity contribution in [2.75, 3.05) is 13.2 Å². The highest BCUT2D eigenvalue weighted by Gasteiger charge is 2.24. The van der Waals surface area contributed by atoms with Crippen LogP contribution in [-0.2, 0) is 9.53 Å². The SMILES string of the molecule is CCC(Oc1ccc(-c2noc(C(C)C)n2)cc1)c1nc(-c2ccc(C(=O)N[C@@H](COC(=O)CN)C(C)C)c(F)c2)no1.Cl. The Morgan fingerprint density at radius 1 is 0.955 bits per heavy atom. The van der Waals surface area contributed by atoms with Crippen LogP contribution in [0.4, 0.5) is 4.39 Å². The second-order valence-electron chi connectivity index (χ2n) is 10.5. The van der Waals surface area contributed by atoms with E-state index in [2.05, 4.69) is 25.6 Å². The van der Waals surface area contributed by atoms with Crippen molar-refractivity contribution in [2.45, 2.75) is 59.1 Å². The predicted molar refractivity (Wildman–Crippen MR) is 161 cm³/mol. The molecule has 2 atom stereocenters. The second-order valence-corrected chi connectivity index (χ2v) is 10.5. The third kappa shape index (κ3) is 8.38. The summed E-state index contributed by atoms with van der Waals surface area (Å²) in [6.07, 6.45) is -0.0297. The largest absolute Gasteiger partial charge is 0.481 e. The zero-order valence-corrected chi connectivity index (χ0v) is 25.9. The van der Waals surface area contributed by atoms with Crippen LogP contribution in [0.3, 0.4) is 0 Å². The van der Waals surface area contributed by atoms with Gasteiger partial charge in [0.1, 0.15) is 18.2 Å². The molecule has 0 aliphatic rings. The van der Waals surface area contributed by atoms with Crippen LogP contribution in [0.15, 0.2) is 51.5 Å². The molecule has 4 aromatic rings. The number of rotatable bonds is 13. The van der Waals surface area contributed by atoms with Crippen LogP contribution in [0.25, 0.3) is 22.8 Å². The van der Waals surface area contributed by atoms with Crippen LogP contribution in [0, 0.1) is 11.7 Å². The number of hydrogen-bond donors (Lipinski definition) is 2. The minimum atomic E-state index is -0.770. The molecule has 0 aliphatic heterocycles. The highest BCUT2D eigenvalue weighted by atomic mass is 35.5. The molecule has 236 valence electrons. The van der Waals surface area contributed by atoms with E-state index < -0.39 is 29.8 Å². The van der Waals surface area contributed by atoms with E-state index in [0.717, 1.165) is 11.6 Å². The molecule has 1 unspecified atom stereocenters. The smallest absolute Gasteiger partial charge is 0.319 e. The highest BCUT2D eigenvalue weighted by molar-refractivity contribution is 5.95. The molecule has 14 heteroatoms. The van der Waals surface area contributed by atoms with Gasteiger partial charge in [0.05, 0.1) is 18.2 Å². The second kappa shape index (κ2) is 15.4. The van der Waals surface area contributed by atoms with Gasteiger partial charge in [-0.3, -0.25) is 9.59 Å². The zero-order chi connectivity index (χ0) is 31.1. The average Bonchev–Trinajstić information content (AvgIpc) is 3.69. The van der Waals surface area contributed by atoms with Crippen molar-refractivity contribution in [2.24, 2.45) is 11.7 Å². The van der Waals surface area contributed by atoms with Gasteiger partial charge in [0.15, 0.2) is 6.10 Å². The van der Waals surface area contributed by atoms with Gasteiger partial charge in [-0.05, 0) is 48.7 Å². The first-order valence-electron chi connectivity index (χ1n) is 14.0. The van der Waals surface area contributed by atoms with Crippen molar-refractivity contribution in [1.29, 1.82) is 0 Å². The van der Waals surface area contributed by atoms with E-state index >= 15 is 4.39 Å². The Bertz CT molecular complexity index is 1540. The van der Waals surface area contributed by atoms with Crippen LogP contribution >= 0.6 is 12.4 Å². The summed E-state index contributed by atoms with van der Waals surface area (Å²) in [5.41, 5.74) is 6.18. The van der Waals surface area contributed by atoms with Gasteiger partial charge in [-0.2, -0.15) is 9.97 Å². The summed E-state index contributed by atoms with van der Waals surface area (Å²) in [5.74, 6) is 0.0300. The number of nitrogens with one attached hydrogen (secondary N) is 1. The number of carbonyl (C=O) groups is 2. The minimum Gasteiger partial charge on any atom is -0.481 e. The molecule has 0 saturated heterocycles. The summed E-state index contributed by atoms with van der Waals surface area (Å²) >= 11 is 0. The number of esters is 1. The molecule has 1 amide bonds. The van der Waals surface area contributed by atoms with Crippen molar-refractivity contribution in [3.63, 3.8) is 0 Å². The van der Waals surface area contributed by atoms with Gasteiger partial charge in [-0.1, -0.05) is 51.0 Å². The van der Waals surface area contributed by atoms with Crippen molar-refractivity contribution in [3.8, 4) is 28.5 Å². The number of nitrogens with zero attached hydrogens (tertiary/aromatic N) is 4. The molecule has 12 nitrogen and oxygen atoms in total. The van der Waals surface area contributed by atoms with Crippen molar-refractivity contribution >= 4 is 24.3 Å². The summed E-state index contributed by atoms with van der Waals surface area (Å²) in [6.45, 7) is 9.20. The van der Waals surface area contributed by atoms with Crippen LogP contribution in [0.2, 0.25) is 0 Å². The summed E-state index contributed by atoms with van der Waals surface area (Å²) < 4.78 is 36.9. The van der Waals surface area contributed by atoms with Gasteiger partial charge < -0.3 is 29.6 Å². The fraction of sp³-hybridized carbons (Fsp3) is 0.400. The number of amides is 1. The first-order chi connectivity index (χ1) is 20.6. The van der Waals surface area contributed by atoms with Crippen molar-refractivity contribution in [1.82, 2.24) is 25.6 Å². The van der Waals surface area contributed by atoms with Gasteiger partial charge in [0, 0.05) is 17.0 Å². The standard InChI is InChI=1S/C30H35FN6O6.ClH/c1-6-24(41-20-10-7-18(8-11-20)26-34-29(17(4)5)42-36-26)30-35-27(37-43-30)19-9-12-21(22(31)13-19)28(39)33-23(16(2)3)15-40-25(38)14-32;/h7-13,16-17,23-24H,6,14-15,32H2,1-5H3,(H,33,39);1H/t23-,24?;/m0./s1. The Morgan fingerprint density at radius 2 is 1.57 bits per heavy atom. The molecule has 2 heterocycles. The van der Waals surface area contributed by atoms with E-state index in [1.54, 1.807) is 12.1 Å².